The maximum absolute atomic E-state index is 11.7. The van der Waals surface area contributed by atoms with Gasteiger partial charge in [-0.1, -0.05) is 12.8 Å². The number of rotatable bonds is 1. The molecule has 0 N–H and O–H groups in total. The Hall–Kier alpha value is -0.730. The largest absolute Gasteiger partial charge is 0.547 e. The van der Waals surface area contributed by atoms with Gasteiger partial charge in [0.05, 0.1) is 5.97 Å². The third kappa shape index (κ3) is 2.63. The predicted molar refractivity (Wildman–Crippen MR) is 81.0 cm³/mol. The van der Waals surface area contributed by atoms with Gasteiger partial charge in [-0.3, -0.25) is 0 Å². The molecule has 5 fully saturated rings. The maximum atomic E-state index is 11.7. The fourth-order valence-electron chi connectivity index (χ4n) is 5.15. The van der Waals surface area contributed by atoms with Gasteiger partial charge < -0.3 is 33.6 Å². The molecule has 2 spiro atoms. The summed E-state index contributed by atoms with van der Waals surface area (Å²) in [5.41, 5.74) is 0. The highest BCUT2D eigenvalue weighted by Crippen LogP contribution is 2.50. The van der Waals surface area contributed by atoms with Gasteiger partial charge in [-0.25, -0.2) is 0 Å². The first-order chi connectivity index (χ1) is 12.1. The van der Waals surface area contributed by atoms with Gasteiger partial charge >= 0.3 is 0 Å². The Morgan fingerprint density at radius 3 is 1.84 bits per heavy atom. The molecule has 0 aromatic heterocycles. The van der Waals surface area contributed by atoms with Crippen molar-refractivity contribution in [1.82, 2.24) is 0 Å². The molecular formula is C18H25O7-. The fraction of sp³-hybridized carbons (Fsp3) is 0.944. The van der Waals surface area contributed by atoms with E-state index in [9.17, 15) is 9.90 Å². The molecule has 3 saturated heterocycles. The zero-order valence-corrected chi connectivity index (χ0v) is 14.3. The lowest BCUT2D eigenvalue weighted by Crippen LogP contribution is -2.60. The zero-order chi connectivity index (χ0) is 17.1. The van der Waals surface area contributed by atoms with Crippen molar-refractivity contribution >= 4 is 5.97 Å². The van der Waals surface area contributed by atoms with E-state index >= 15 is 0 Å². The van der Waals surface area contributed by atoms with E-state index in [-0.39, 0.29) is 0 Å². The molecule has 0 radical (unpaired) electrons. The monoisotopic (exact) mass is 353 g/mol. The summed E-state index contributed by atoms with van der Waals surface area (Å²) in [5, 5.41) is 11.7. The summed E-state index contributed by atoms with van der Waals surface area (Å²) in [6, 6.07) is 0. The Labute approximate surface area is 146 Å². The summed E-state index contributed by atoms with van der Waals surface area (Å²) in [7, 11) is 0. The minimum atomic E-state index is -1.28. The first kappa shape index (κ1) is 16.4. The van der Waals surface area contributed by atoms with Crippen molar-refractivity contribution in [2.75, 3.05) is 0 Å². The second kappa shape index (κ2) is 5.89. The van der Waals surface area contributed by atoms with E-state index < -0.39 is 48.2 Å². The Kier molecular flexibility index (Phi) is 3.87. The highest BCUT2D eigenvalue weighted by atomic mass is 16.9. The summed E-state index contributed by atoms with van der Waals surface area (Å²) < 4.78 is 30.6. The van der Waals surface area contributed by atoms with Gasteiger partial charge in [-0.2, -0.15) is 0 Å². The lowest BCUT2D eigenvalue weighted by Gasteiger charge is -2.37. The van der Waals surface area contributed by atoms with Crippen molar-refractivity contribution in [1.29, 1.82) is 0 Å². The van der Waals surface area contributed by atoms with Crippen molar-refractivity contribution in [3.63, 3.8) is 0 Å². The van der Waals surface area contributed by atoms with E-state index in [1.54, 1.807) is 0 Å². The number of aliphatic carboxylic acids is 1. The topological polar surface area (TPSA) is 86.3 Å². The van der Waals surface area contributed by atoms with Crippen LogP contribution in [0.25, 0.3) is 0 Å². The summed E-state index contributed by atoms with van der Waals surface area (Å²) >= 11 is 0. The normalized spacial score (nSPS) is 44.6. The summed E-state index contributed by atoms with van der Waals surface area (Å²) in [5.74, 6) is -2.64. The van der Waals surface area contributed by atoms with Gasteiger partial charge in [-0.05, 0) is 25.7 Å². The van der Waals surface area contributed by atoms with Crippen molar-refractivity contribution in [3.05, 3.63) is 0 Å². The predicted octanol–water partition coefficient (Wildman–Crippen LogP) is 0.981. The second-order valence-electron chi connectivity index (χ2n) is 8.05. The number of carbonyl (C=O) groups is 1. The molecule has 0 aromatic carbocycles. The Balaban J connectivity index is 1.43. The van der Waals surface area contributed by atoms with E-state index in [0.29, 0.717) is 0 Å². The third-order valence-corrected chi connectivity index (χ3v) is 6.34. The molecule has 2 aliphatic carbocycles. The van der Waals surface area contributed by atoms with Crippen LogP contribution in [0.1, 0.15) is 64.2 Å². The highest BCUT2D eigenvalue weighted by molar-refractivity contribution is 5.71. The molecule has 25 heavy (non-hydrogen) atoms. The molecule has 7 nitrogen and oxygen atoms in total. The van der Waals surface area contributed by atoms with Gasteiger partial charge in [-0.15, -0.1) is 0 Å². The van der Waals surface area contributed by atoms with Crippen molar-refractivity contribution < 1.29 is 33.6 Å². The van der Waals surface area contributed by atoms with Gasteiger partial charge in [0.15, 0.2) is 17.9 Å². The number of fused-ring (bicyclic) bond motifs is 3. The minimum Gasteiger partial charge on any atom is -0.547 e. The summed E-state index contributed by atoms with van der Waals surface area (Å²) in [6.45, 7) is 0. The average molecular weight is 353 g/mol. The number of hydrogen-bond acceptors (Lipinski definition) is 7. The molecule has 0 aromatic rings. The van der Waals surface area contributed by atoms with E-state index in [1.165, 1.54) is 6.42 Å². The molecule has 5 rings (SSSR count). The van der Waals surface area contributed by atoms with Gasteiger partial charge in [0.2, 0.25) is 0 Å². The Bertz CT molecular complexity index is 538. The molecule has 5 atom stereocenters. The van der Waals surface area contributed by atoms with Gasteiger partial charge in [0, 0.05) is 25.7 Å². The molecule has 3 heterocycles. The molecule has 140 valence electrons. The summed E-state index contributed by atoms with van der Waals surface area (Å²) in [6.07, 6.45) is 6.07. The van der Waals surface area contributed by atoms with Crippen LogP contribution in [0, 0.1) is 0 Å². The summed E-state index contributed by atoms with van der Waals surface area (Å²) in [4.78, 5) is 11.7. The van der Waals surface area contributed by atoms with Crippen LogP contribution in [0.2, 0.25) is 0 Å². The van der Waals surface area contributed by atoms with Crippen LogP contribution < -0.4 is 5.11 Å². The highest BCUT2D eigenvalue weighted by Gasteiger charge is 2.64. The number of ether oxygens (including phenoxy) is 5. The van der Waals surface area contributed by atoms with Crippen LogP contribution in [0.4, 0.5) is 0 Å². The van der Waals surface area contributed by atoms with E-state index in [2.05, 4.69) is 0 Å². The lowest BCUT2D eigenvalue weighted by atomic mass is 9.94. The van der Waals surface area contributed by atoms with E-state index in [1.807, 2.05) is 0 Å². The zero-order valence-electron chi connectivity index (χ0n) is 14.3. The van der Waals surface area contributed by atoms with Crippen LogP contribution in [0.15, 0.2) is 0 Å². The Morgan fingerprint density at radius 2 is 1.24 bits per heavy atom. The van der Waals surface area contributed by atoms with E-state index in [4.69, 9.17) is 23.7 Å². The van der Waals surface area contributed by atoms with Crippen molar-refractivity contribution in [2.24, 2.45) is 0 Å². The number of carboxylic acids is 1. The third-order valence-electron chi connectivity index (χ3n) is 6.34. The SMILES string of the molecule is O=C([O-])[C@@H]1O[C@H]2OC3(CCCCC3)O[C@@H]2[C@@H]2OC3(CCCCC3)O[C@@H]21. The van der Waals surface area contributed by atoms with Crippen molar-refractivity contribution in [3.8, 4) is 0 Å². The van der Waals surface area contributed by atoms with Crippen LogP contribution in [-0.4, -0.2) is 48.2 Å². The molecule has 3 aliphatic heterocycles. The molecule has 5 aliphatic rings. The molecular weight excluding hydrogens is 328 g/mol. The second-order valence-corrected chi connectivity index (χ2v) is 8.05. The fourth-order valence-corrected chi connectivity index (χ4v) is 5.15. The standard InChI is InChI=1S/C18H26O7/c19-15(20)13-11-12(23-17(22-11)7-3-1-4-8-17)14-16(21-13)25-18(24-14)9-5-2-6-10-18/h11-14,16H,1-10H2,(H,19,20)/p-1/t11-,12+,13+,14+,16-/m0/s1. The van der Waals surface area contributed by atoms with Crippen LogP contribution in [0.3, 0.4) is 0 Å². The molecule has 2 saturated carbocycles. The average Bonchev–Trinajstić information content (AvgIpc) is 3.13. The molecule has 0 bridgehead atoms. The van der Waals surface area contributed by atoms with E-state index in [0.717, 1.165) is 57.8 Å². The number of hydrogen-bond donors (Lipinski definition) is 0. The first-order valence-electron chi connectivity index (χ1n) is 9.68. The number of carboxylic acid groups (broad SMARTS) is 1. The minimum absolute atomic E-state index is 0.444. The quantitative estimate of drug-likeness (QED) is 0.694. The smallest absolute Gasteiger partial charge is 0.190 e. The van der Waals surface area contributed by atoms with Gasteiger partial charge in [0.25, 0.3) is 0 Å². The Morgan fingerprint density at radius 1 is 0.720 bits per heavy atom. The number of carbonyl (C=O) groups excluding carboxylic acids is 1. The van der Waals surface area contributed by atoms with Crippen LogP contribution in [0.5, 0.6) is 0 Å². The molecule has 0 amide bonds. The first-order valence-corrected chi connectivity index (χ1v) is 9.68. The molecule has 7 heteroatoms. The molecule has 0 unspecified atom stereocenters. The van der Waals surface area contributed by atoms with Gasteiger partial charge in [0.1, 0.15) is 24.4 Å². The van der Waals surface area contributed by atoms with Crippen LogP contribution in [-0.2, 0) is 28.5 Å². The van der Waals surface area contributed by atoms with Crippen molar-refractivity contribution in [2.45, 2.75) is 106 Å². The maximum Gasteiger partial charge on any atom is 0.190 e. The van der Waals surface area contributed by atoms with Crippen LogP contribution >= 0.6 is 0 Å². The lowest BCUT2D eigenvalue weighted by molar-refractivity contribution is -0.335.